The number of rotatable bonds is 2. The molecule has 0 bridgehead atoms. The molecule has 2 nitrogen and oxygen atoms in total. The van der Waals surface area contributed by atoms with Crippen LogP contribution in [0.5, 0.6) is 0 Å². The summed E-state index contributed by atoms with van der Waals surface area (Å²) in [6.07, 6.45) is 1.53. The van der Waals surface area contributed by atoms with Crippen molar-refractivity contribution in [3.63, 3.8) is 0 Å². The Labute approximate surface area is 100 Å². The van der Waals surface area contributed by atoms with Gasteiger partial charge in [-0.05, 0) is 40.2 Å². The van der Waals surface area contributed by atoms with Gasteiger partial charge in [0, 0.05) is 16.2 Å². The molecule has 0 aliphatic carbocycles. The molecule has 16 heavy (non-hydrogen) atoms. The Balaban J connectivity index is 2.35. The van der Waals surface area contributed by atoms with E-state index in [1.165, 1.54) is 24.4 Å². The third-order valence-electron chi connectivity index (χ3n) is 2.05. The summed E-state index contributed by atoms with van der Waals surface area (Å²) < 4.78 is 13.7. The zero-order valence-electron chi connectivity index (χ0n) is 8.15. The first-order chi connectivity index (χ1) is 7.66. The molecule has 0 radical (unpaired) electrons. The third kappa shape index (κ3) is 2.33. The predicted molar refractivity (Wildman–Crippen MR) is 61.8 cm³/mol. The molecule has 0 atom stereocenters. The first-order valence-corrected chi connectivity index (χ1v) is 5.38. The minimum atomic E-state index is -0.428. The predicted octanol–water partition coefficient (Wildman–Crippen LogP) is 3.21. The SMILES string of the molecule is O=C(c1cccc(F)c1)c1ccc(Br)cn1. The number of ketones is 1. The minimum Gasteiger partial charge on any atom is -0.287 e. The van der Waals surface area contributed by atoms with Crippen molar-refractivity contribution in [3.05, 3.63) is 64.1 Å². The molecule has 0 unspecified atom stereocenters. The molecule has 1 heterocycles. The molecule has 0 amide bonds. The van der Waals surface area contributed by atoms with Crippen LogP contribution < -0.4 is 0 Å². The topological polar surface area (TPSA) is 30.0 Å². The highest BCUT2D eigenvalue weighted by molar-refractivity contribution is 9.10. The second-order valence-corrected chi connectivity index (χ2v) is 4.12. The quantitative estimate of drug-likeness (QED) is 0.790. The zero-order valence-corrected chi connectivity index (χ0v) is 9.74. The normalized spacial score (nSPS) is 10.1. The number of halogens is 2. The number of pyridine rings is 1. The second-order valence-electron chi connectivity index (χ2n) is 3.20. The lowest BCUT2D eigenvalue weighted by molar-refractivity contribution is 0.103. The van der Waals surface area contributed by atoms with Gasteiger partial charge in [0.05, 0.1) is 0 Å². The average Bonchev–Trinajstić information content (AvgIpc) is 2.29. The third-order valence-corrected chi connectivity index (χ3v) is 2.52. The van der Waals surface area contributed by atoms with Gasteiger partial charge in [-0.1, -0.05) is 12.1 Å². The second kappa shape index (κ2) is 4.53. The summed E-state index contributed by atoms with van der Waals surface area (Å²) in [6.45, 7) is 0. The molecule has 2 aromatic rings. The molecular formula is C12H7BrFNO. The van der Waals surface area contributed by atoms with E-state index in [0.717, 1.165) is 4.47 Å². The van der Waals surface area contributed by atoms with Crippen molar-refractivity contribution in [1.29, 1.82) is 0 Å². The summed E-state index contributed by atoms with van der Waals surface area (Å²) in [5.74, 6) is -0.713. The number of hydrogen-bond donors (Lipinski definition) is 0. The van der Waals surface area contributed by atoms with Crippen molar-refractivity contribution < 1.29 is 9.18 Å². The number of carbonyl (C=O) groups is 1. The van der Waals surface area contributed by atoms with E-state index in [1.807, 2.05) is 0 Å². The molecule has 80 valence electrons. The van der Waals surface area contributed by atoms with Crippen molar-refractivity contribution in [3.8, 4) is 0 Å². The van der Waals surface area contributed by atoms with Crippen molar-refractivity contribution in [1.82, 2.24) is 4.98 Å². The lowest BCUT2D eigenvalue weighted by atomic mass is 10.1. The van der Waals surface area contributed by atoms with E-state index in [2.05, 4.69) is 20.9 Å². The molecule has 0 saturated heterocycles. The van der Waals surface area contributed by atoms with Crippen LogP contribution in [0.4, 0.5) is 4.39 Å². The number of benzene rings is 1. The fraction of sp³-hybridized carbons (Fsp3) is 0. The molecule has 0 aliphatic heterocycles. The fourth-order valence-corrected chi connectivity index (χ4v) is 1.52. The zero-order chi connectivity index (χ0) is 11.5. The molecule has 0 saturated carbocycles. The molecule has 1 aromatic carbocycles. The van der Waals surface area contributed by atoms with Crippen LogP contribution >= 0.6 is 15.9 Å². The molecule has 0 aliphatic rings. The maximum atomic E-state index is 12.9. The largest absolute Gasteiger partial charge is 0.287 e. The lowest BCUT2D eigenvalue weighted by Crippen LogP contribution is -2.03. The van der Waals surface area contributed by atoms with Crippen LogP contribution in [-0.4, -0.2) is 10.8 Å². The number of carbonyl (C=O) groups excluding carboxylic acids is 1. The molecule has 0 N–H and O–H groups in total. The van der Waals surface area contributed by atoms with Gasteiger partial charge in [-0.3, -0.25) is 9.78 Å². The summed E-state index contributed by atoms with van der Waals surface area (Å²) in [5, 5.41) is 0. The van der Waals surface area contributed by atoms with Gasteiger partial charge in [0.1, 0.15) is 11.5 Å². The van der Waals surface area contributed by atoms with Gasteiger partial charge in [0.15, 0.2) is 0 Å². The standard InChI is InChI=1S/C12H7BrFNO/c13-9-4-5-11(15-7-9)12(16)8-2-1-3-10(14)6-8/h1-7H. The molecule has 2 rings (SSSR count). The Bertz CT molecular complexity index is 525. The van der Waals surface area contributed by atoms with Crippen molar-refractivity contribution in [2.24, 2.45) is 0 Å². The highest BCUT2D eigenvalue weighted by Gasteiger charge is 2.10. The average molecular weight is 280 g/mol. The maximum absolute atomic E-state index is 12.9. The van der Waals surface area contributed by atoms with Crippen molar-refractivity contribution >= 4 is 21.7 Å². The number of aromatic nitrogens is 1. The smallest absolute Gasteiger partial charge is 0.211 e. The van der Waals surface area contributed by atoms with Crippen LogP contribution in [0, 0.1) is 5.82 Å². The number of nitrogens with zero attached hydrogens (tertiary/aromatic N) is 1. The van der Waals surface area contributed by atoms with E-state index in [1.54, 1.807) is 18.2 Å². The Morgan fingerprint density at radius 2 is 2.06 bits per heavy atom. The van der Waals surface area contributed by atoms with Gasteiger partial charge in [-0.15, -0.1) is 0 Å². The monoisotopic (exact) mass is 279 g/mol. The van der Waals surface area contributed by atoms with Crippen LogP contribution in [-0.2, 0) is 0 Å². The summed E-state index contributed by atoms with van der Waals surface area (Å²) in [5.41, 5.74) is 0.601. The Kier molecular flexibility index (Phi) is 3.10. The first kappa shape index (κ1) is 11.0. The van der Waals surface area contributed by atoms with Crippen LogP contribution in [0.15, 0.2) is 47.1 Å². The summed E-state index contributed by atoms with van der Waals surface area (Å²) in [7, 11) is 0. The maximum Gasteiger partial charge on any atom is 0.211 e. The first-order valence-electron chi connectivity index (χ1n) is 4.58. The van der Waals surface area contributed by atoms with E-state index in [0.29, 0.717) is 11.3 Å². The summed E-state index contributed by atoms with van der Waals surface area (Å²) >= 11 is 3.23. The highest BCUT2D eigenvalue weighted by atomic mass is 79.9. The van der Waals surface area contributed by atoms with Crippen LogP contribution in [0.1, 0.15) is 16.1 Å². The van der Waals surface area contributed by atoms with Gasteiger partial charge in [-0.25, -0.2) is 4.39 Å². The fourth-order valence-electron chi connectivity index (χ4n) is 1.29. The van der Waals surface area contributed by atoms with Crippen molar-refractivity contribution in [2.75, 3.05) is 0 Å². The molecule has 0 spiro atoms. The van der Waals surface area contributed by atoms with Crippen molar-refractivity contribution in [2.45, 2.75) is 0 Å². The van der Waals surface area contributed by atoms with E-state index >= 15 is 0 Å². The molecule has 4 heteroatoms. The van der Waals surface area contributed by atoms with Gasteiger partial charge < -0.3 is 0 Å². The summed E-state index contributed by atoms with van der Waals surface area (Å²) in [4.78, 5) is 15.8. The minimum absolute atomic E-state index is 0.285. The van der Waals surface area contributed by atoms with Gasteiger partial charge in [-0.2, -0.15) is 0 Å². The molecule has 1 aromatic heterocycles. The van der Waals surface area contributed by atoms with Crippen LogP contribution in [0.25, 0.3) is 0 Å². The van der Waals surface area contributed by atoms with E-state index in [9.17, 15) is 9.18 Å². The highest BCUT2D eigenvalue weighted by Crippen LogP contribution is 2.12. The Morgan fingerprint density at radius 3 is 2.69 bits per heavy atom. The molecule has 0 fully saturated rings. The molecular weight excluding hydrogens is 273 g/mol. The van der Waals surface area contributed by atoms with E-state index < -0.39 is 5.82 Å². The lowest BCUT2D eigenvalue weighted by Gasteiger charge is -2.00. The van der Waals surface area contributed by atoms with Gasteiger partial charge in [0.25, 0.3) is 0 Å². The van der Waals surface area contributed by atoms with Crippen LogP contribution in [0.3, 0.4) is 0 Å². The Morgan fingerprint density at radius 1 is 1.25 bits per heavy atom. The van der Waals surface area contributed by atoms with Crippen LogP contribution in [0.2, 0.25) is 0 Å². The Hall–Kier alpha value is -1.55. The van der Waals surface area contributed by atoms with Gasteiger partial charge in [0.2, 0.25) is 5.78 Å². The van der Waals surface area contributed by atoms with Gasteiger partial charge >= 0.3 is 0 Å². The van der Waals surface area contributed by atoms with E-state index in [4.69, 9.17) is 0 Å². The number of hydrogen-bond acceptors (Lipinski definition) is 2. The van der Waals surface area contributed by atoms with E-state index in [-0.39, 0.29) is 5.78 Å². The summed E-state index contributed by atoms with van der Waals surface area (Å²) in [6, 6.07) is 8.88.